The van der Waals surface area contributed by atoms with Crippen LogP contribution in [0.3, 0.4) is 0 Å². The molecule has 0 radical (unpaired) electrons. The highest BCUT2D eigenvalue weighted by Crippen LogP contribution is 2.51. The number of hydrogen-bond donors (Lipinski definition) is 5. The van der Waals surface area contributed by atoms with Crippen LogP contribution in [-0.2, 0) is 19.0 Å². The van der Waals surface area contributed by atoms with E-state index in [9.17, 15) is 34.8 Å². The normalized spacial score (nSPS) is 32.9. The Morgan fingerprint density at radius 1 is 0.903 bits per heavy atom. The molecule has 3 fully saturated rings. The van der Waals surface area contributed by atoms with Crippen LogP contribution >= 0.6 is 0 Å². The number of anilines is 1. The topological polar surface area (TPSA) is 216 Å². The summed E-state index contributed by atoms with van der Waals surface area (Å²) < 4.78 is 25.1. The number of rotatable bonds is 4. The molecule has 17 heteroatoms. The Kier molecular flexibility index (Phi) is 15.3. The molecule has 9 rings (SSSR count). The van der Waals surface area contributed by atoms with E-state index in [-0.39, 0.29) is 55.1 Å². The highest BCUT2D eigenvalue weighted by Gasteiger charge is 2.51. The molecular weight excluding hydrogens is 921 g/mol. The Labute approximate surface area is 423 Å². The Morgan fingerprint density at radius 3 is 2.25 bits per heavy atom. The van der Waals surface area contributed by atoms with Crippen LogP contribution in [0, 0.1) is 41.9 Å². The van der Waals surface area contributed by atoms with Crippen LogP contribution in [0.5, 0.6) is 17.2 Å². The van der Waals surface area contributed by atoms with Crippen molar-refractivity contribution in [2.24, 2.45) is 45.0 Å². The van der Waals surface area contributed by atoms with Gasteiger partial charge in [0.1, 0.15) is 34.0 Å². The van der Waals surface area contributed by atoms with Crippen molar-refractivity contribution in [2.75, 3.05) is 65.3 Å². The minimum Gasteiger partial charge on any atom is -0.507 e. The molecule has 2 spiro atoms. The second kappa shape index (κ2) is 20.7. The lowest BCUT2D eigenvalue weighted by molar-refractivity contribution is -0.114. The summed E-state index contributed by atoms with van der Waals surface area (Å²) in [5.74, 6) is -6.10. The number of phenolic OH excluding ortho intramolecular Hbond substituents is 2. The van der Waals surface area contributed by atoms with E-state index in [0.29, 0.717) is 37.5 Å². The summed E-state index contributed by atoms with van der Waals surface area (Å²) in [6, 6.07) is 0. The number of allylic oxidation sites excluding steroid dienone is 2. The van der Waals surface area contributed by atoms with Crippen LogP contribution in [0.25, 0.3) is 10.8 Å². The first-order valence-corrected chi connectivity index (χ1v) is 26.1. The lowest BCUT2D eigenvalue weighted by atomic mass is 9.72. The van der Waals surface area contributed by atoms with E-state index in [1.165, 1.54) is 20.3 Å². The van der Waals surface area contributed by atoms with Crippen LogP contribution < -0.4 is 20.8 Å². The van der Waals surface area contributed by atoms with Gasteiger partial charge < -0.3 is 59.4 Å². The van der Waals surface area contributed by atoms with Gasteiger partial charge in [-0.3, -0.25) is 14.6 Å². The summed E-state index contributed by atoms with van der Waals surface area (Å²) in [5, 5.41) is 51.7. The predicted molar refractivity (Wildman–Crippen MR) is 272 cm³/mol. The Morgan fingerprint density at radius 2 is 1.60 bits per heavy atom. The fourth-order valence-electron chi connectivity index (χ4n) is 12.3. The number of methoxy groups -OCH3 is 1. The highest BCUT2D eigenvalue weighted by atomic mass is 16.7. The monoisotopic (exact) mass is 999 g/mol. The highest BCUT2D eigenvalue weighted by molar-refractivity contribution is 6.21. The lowest BCUT2D eigenvalue weighted by Gasteiger charge is -2.47. The van der Waals surface area contributed by atoms with Crippen molar-refractivity contribution in [1.29, 1.82) is 0 Å². The van der Waals surface area contributed by atoms with E-state index in [2.05, 4.69) is 41.0 Å². The van der Waals surface area contributed by atoms with Gasteiger partial charge >= 0.3 is 11.9 Å². The average molecular weight is 999 g/mol. The molecule has 0 unspecified atom stereocenters. The fraction of sp³-hybridized carbons (Fsp3) is 0.655. The van der Waals surface area contributed by atoms with Gasteiger partial charge in [0.2, 0.25) is 0 Å². The molecule has 0 aromatic heterocycles. The van der Waals surface area contributed by atoms with Crippen molar-refractivity contribution in [3.8, 4) is 17.2 Å². The summed E-state index contributed by atoms with van der Waals surface area (Å²) in [5.41, 5.74) is 0.0645. The number of aliphatic hydroxyl groups is 2. The third kappa shape index (κ3) is 10.00. The molecule has 5 bridgehead atoms. The van der Waals surface area contributed by atoms with E-state index in [1.54, 1.807) is 56.9 Å². The molecule has 3 saturated heterocycles. The summed E-state index contributed by atoms with van der Waals surface area (Å²) in [6.45, 7) is 21.7. The predicted octanol–water partition coefficient (Wildman–Crippen LogP) is 6.13. The SMILES string of the molecule is CO[C@H]1/C=C/O[C@@]2(C)Oc3c(C)c(O)c4c(O)c(c5c(c4c3C2=O)NC2(CCN(CC(C)C)CC2)N=5)=NC(=O)/C(C)=C\C=C\[C@H](C)[C@H](O)[C@@H](C)[C@@H](O)[C@@H](C)[C@H](OC(=O)N2CCC3(CCCN(C)C3)CC2)[C@@H]1C. The summed E-state index contributed by atoms with van der Waals surface area (Å²) in [7, 11) is 3.66. The number of likely N-dealkylation sites (tertiary alicyclic amines) is 3. The number of aliphatic hydroxyl groups excluding tert-OH is 2. The summed E-state index contributed by atoms with van der Waals surface area (Å²) in [4.78, 5) is 59.3. The average Bonchev–Trinajstić information content (AvgIpc) is 3.84. The molecule has 2 aromatic rings. The first-order valence-electron chi connectivity index (χ1n) is 26.1. The second-order valence-corrected chi connectivity index (χ2v) is 22.6. The smallest absolute Gasteiger partial charge is 0.410 e. The number of carbonyl (C=O) groups is 3. The van der Waals surface area contributed by atoms with Crippen molar-refractivity contribution in [2.45, 2.75) is 137 Å². The number of Topliss-reactive ketones (excluding diaryl/α,β-unsaturated/α-hetero) is 1. The van der Waals surface area contributed by atoms with E-state index in [1.807, 2.05) is 13.8 Å². The number of ketones is 1. The standard InChI is InChI=1S/C55H78N6O11/c1-30(2)28-60-23-20-55(21-24-60)57-41-38-39-46(64)36(8)49-40(38)50(66)53(9,72-49)70-27-16-37(69-11)33(5)48(71-52(68)61-25-18-54(19-26-61)17-13-22-59(10)29-54)35(7)45(63)34(6)44(62)31(3)14-12-15-32(4)51(67)56-43(47(39)65)42(41)58-55/h12,14-16,27,30-31,33-35,37,44-45,48,57,62-65H,13,17-26,28-29H2,1-11H3/b14-12+,27-16+,32-15-,56-43?/t31-,33+,34+,35+,37-,44-,45+,48+,53-/m0/s1. The number of nitrogens with zero attached hydrogens (tertiary/aromatic N) is 5. The van der Waals surface area contributed by atoms with E-state index in [4.69, 9.17) is 23.9 Å². The van der Waals surface area contributed by atoms with Gasteiger partial charge in [0, 0.05) is 106 Å². The number of ether oxygens (including phenoxy) is 4. The Hall–Kier alpha value is -5.07. The Bertz CT molecular complexity index is 2650. The number of carbonyl (C=O) groups excluding carboxylic acids is 3. The summed E-state index contributed by atoms with van der Waals surface area (Å²) >= 11 is 0. The molecule has 7 heterocycles. The van der Waals surface area contributed by atoms with Crippen LogP contribution in [0.15, 0.2) is 46.1 Å². The van der Waals surface area contributed by atoms with Gasteiger partial charge in [-0.05, 0) is 70.5 Å². The number of amides is 2. The molecule has 7 aliphatic rings. The zero-order chi connectivity index (χ0) is 52.2. The first kappa shape index (κ1) is 53.2. The molecule has 72 heavy (non-hydrogen) atoms. The van der Waals surface area contributed by atoms with Crippen molar-refractivity contribution < 1.29 is 53.8 Å². The zero-order valence-electron chi connectivity index (χ0n) is 44.2. The molecule has 5 N–H and O–H groups in total. The maximum absolute atomic E-state index is 15.0. The fourth-order valence-corrected chi connectivity index (χ4v) is 12.3. The van der Waals surface area contributed by atoms with Crippen LogP contribution in [0.2, 0.25) is 0 Å². The molecule has 9 atom stereocenters. The molecular formula is C55H78N6O11. The maximum Gasteiger partial charge on any atom is 0.410 e. The Balaban J connectivity index is 1.19. The van der Waals surface area contributed by atoms with Gasteiger partial charge in [0.15, 0.2) is 5.75 Å². The second-order valence-electron chi connectivity index (χ2n) is 22.6. The molecule has 2 aromatic carbocycles. The van der Waals surface area contributed by atoms with Gasteiger partial charge in [-0.1, -0.05) is 59.8 Å². The molecule has 394 valence electrons. The van der Waals surface area contributed by atoms with Crippen LogP contribution in [0.1, 0.15) is 110 Å². The quantitative estimate of drug-likeness (QED) is 0.218. The van der Waals surface area contributed by atoms with Crippen LogP contribution in [0.4, 0.5) is 10.5 Å². The minimum atomic E-state index is -1.97. The van der Waals surface area contributed by atoms with E-state index in [0.717, 1.165) is 58.4 Å². The van der Waals surface area contributed by atoms with Gasteiger partial charge in [-0.15, -0.1) is 0 Å². The van der Waals surface area contributed by atoms with Crippen molar-refractivity contribution in [1.82, 2.24) is 14.7 Å². The number of aromatic hydroxyl groups is 2. The van der Waals surface area contributed by atoms with Gasteiger partial charge in [-0.25, -0.2) is 9.79 Å². The molecule has 2 amide bonds. The number of benzene rings is 2. The molecule has 0 aliphatic carbocycles. The number of piperidine rings is 3. The third-order valence-electron chi connectivity index (χ3n) is 16.8. The van der Waals surface area contributed by atoms with Crippen molar-refractivity contribution in [3.05, 3.63) is 58.0 Å². The summed E-state index contributed by atoms with van der Waals surface area (Å²) in [6.07, 6.45) is 8.62. The first-order chi connectivity index (χ1) is 34.0. The van der Waals surface area contributed by atoms with Gasteiger partial charge in [-0.2, -0.15) is 0 Å². The molecule has 0 saturated carbocycles. The van der Waals surface area contributed by atoms with Gasteiger partial charge in [0.05, 0.1) is 41.2 Å². The zero-order valence-corrected chi connectivity index (χ0v) is 44.2. The van der Waals surface area contributed by atoms with Crippen LogP contribution in [-0.4, -0.2) is 149 Å². The largest absolute Gasteiger partial charge is 0.507 e. The van der Waals surface area contributed by atoms with E-state index >= 15 is 0 Å². The van der Waals surface area contributed by atoms with E-state index < -0.39 is 83.1 Å². The number of phenols is 2. The van der Waals surface area contributed by atoms with Crippen molar-refractivity contribution >= 4 is 34.2 Å². The lowest BCUT2D eigenvalue weighted by Crippen LogP contribution is -2.52. The molecule has 17 nitrogen and oxygen atoms in total. The molecule has 7 aliphatic heterocycles. The number of hydrogen-bond acceptors (Lipinski definition) is 15. The number of fused-ring (bicyclic) bond motifs is 13. The maximum atomic E-state index is 15.0. The minimum absolute atomic E-state index is 0.0595. The van der Waals surface area contributed by atoms with Gasteiger partial charge in [0.25, 0.3) is 11.7 Å². The third-order valence-corrected chi connectivity index (χ3v) is 16.8. The number of nitrogens with one attached hydrogen (secondary N) is 1. The van der Waals surface area contributed by atoms with Crippen molar-refractivity contribution in [3.63, 3.8) is 0 Å².